The van der Waals surface area contributed by atoms with E-state index >= 15 is 0 Å². The molecule has 1 N–H and O–H groups in total. The van der Waals surface area contributed by atoms with Gasteiger partial charge in [0.05, 0.1) is 5.69 Å². The predicted octanol–water partition coefficient (Wildman–Crippen LogP) is 8.99. The monoisotopic (exact) mass is 730 g/mol. The molecule has 0 unspecified atom stereocenters. The van der Waals surface area contributed by atoms with Gasteiger partial charge in [0.25, 0.3) is 0 Å². The summed E-state index contributed by atoms with van der Waals surface area (Å²) in [6.45, 7) is 8.12. The number of benzene rings is 5. The van der Waals surface area contributed by atoms with E-state index in [-0.39, 0.29) is 12.3 Å². The molecule has 0 saturated carbocycles. The molecular formula is C46H46N6O3. The van der Waals surface area contributed by atoms with Crippen LogP contribution in [-0.2, 0) is 35.4 Å². The van der Waals surface area contributed by atoms with E-state index in [1.54, 1.807) is 13.8 Å². The van der Waals surface area contributed by atoms with Crippen molar-refractivity contribution in [1.29, 1.82) is 0 Å². The topological polar surface area (TPSA) is 108 Å². The molecule has 2 aromatic heterocycles. The molecule has 0 amide bonds. The van der Waals surface area contributed by atoms with Crippen LogP contribution in [0.4, 0.5) is 0 Å². The van der Waals surface area contributed by atoms with Crippen LogP contribution in [-0.4, -0.2) is 40.8 Å². The Labute approximate surface area is 322 Å². The van der Waals surface area contributed by atoms with Gasteiger partial charge in [-0.3, -0.25) is 0 Å². The number of imidazole rings is 1. The fraction of sp³-hybridized carbons (Fsp3) is 0.239. The number of unbranched alkanes of at least 4 members (excludes halogenated alkanes) is 1. The number of aromatic nitrogens is 6. The third-order valence-electron chi connectivity index (χ3n) is 10.1. The first kappa shape index (κ1) is 37.1. The lowest BCUT2D eigenvalue weighted by atomic mass is 9.77. The number of tetrazole rings is 1. The molecule has 7 aromatic rings. The maximum atomic E-state index is 13.5. The summed E-state index contributed by atoms with van der Waals surface area (Å²) in [7, 11) is 0. The average Bonchev–Trinajstić information content (AvgIpc) is 3.87. The highest BCUT2D eigenvalue weighted by atomic mass is 16.5. The van der Waals surface area contributed by atoms with Crippen molar-refractivity contribution in [2.24, 2.45) is 0 Å². The zero-order chi connectivity index (χ0) is 38.4. The molecule has 9 heteroatoms. The van der Waals surface area contributed by atoms with Gasteiger partial charge < -0.3 is 14.4 Å². The van der Waals surface area contributed by atoms with Crippen molar-refractivity contribution >= 4 is 5.97 Å². The molecule has 7 rings (SSSR count). The standard InChI is InChI=1S/C46H46N6O3/c1-5-7-27-40-47-41(42(45(3,4)54)51(40)6-2)44(53)55-32-33-28-30-34(31-29-33)38-25-17-18-26-39(38)43-48-49-50-52(43)46(35-19-11-8-12-20-35,36-21-13-9-14-22-36)37-23-15-10-16-24-37/h8-26,28-31,54H,5-7,27,32H2,1-4H3. The molecule has 2 heterocycles. The molecule has 0 saturated heterocycles. The Bertz CT molecular complexity index is 2250. The molecule has 0 fully saturated rings. The largest absolute Gasteiger partial charge is 0.456 e. The van der Waals surface area contributed by atoms with Crippen LogP contribution in [0.1, 0.15) is 84.8 Å². The van der Waals surface area contributed by atoms with Gasteiger partial charge in [-0.25, -0.2) is 14.5 Å². The van der Waals surface area contributed by atoms with Crippen LogP contribution < -0.4 is 0 Å². The van der Waals surface area contributed by atoms with Gasteiger partial charge in [-0.2, -0.15) is 0 Å². The summed E-state index contributed by atoms with van der Waals surface area (Å²) >= 11 is 0. The molecule has 0 radical (unpaired) electrons. The number of aliphatic hydroxyl groups is 1. The third kappa shape index (κ3) is 7.23. The van der Waals surface area contributed by atoms with Crippen molar-refractivity contribution < 1.29 is 14.6 Å². The lowest BCUT2D eigenvalue weighted by molar-refractivity contribution is 0.0421. The van der Waals surface area contributed by atoms with Gasteiger partial charge in [-0.05, 0) is 71.0 Å². The van der Waals surface area contributed by atoms with Crippen LogP contribution >= 0.6 is 0 Å². The minimum atomic E-state index is -1.26. The van der Waals surface area contributed by atoms with Gasteiger partial charge in [0.1, 0.15) is 23.6 Å². The van der Waals surface area contributed by atoms with Crippen molar-refractivity contribution in [2.75, 3.05) is 0 Å². The minimum Gasteiger partial charge on any atom is -0.456 e. The summed E-state index contributed by atoms with van der Waals surface area (Å²) in [4.78, 5) is 18.2. The van der Waals surface area contributed by atoms with Crippen molar-refractivity contribution in [3.8, 4) is 22.5 Å². The van der Waals surface area contributed by atoms with Gasteiger partial charge in [0.2, 0.25) is 0 Å². The number of ether oxygens (including phenoxy) is 1. The first-order chi connectivity index (χ1) is 26.8. The molecule has 278 valence electrons. The first-order valence-corrected chi connectivity index (χ1v) is 18.9. The van der Waals surface area contributed by atoms with E-state index in [4.69, 9.17) is 9.95 Å². The van der Waals surface area contributed by atoms with E-state index in [9.17, 15) is 9.90 Å². The van der Waals surface area contributed by atoms with Gasteiger partial charge in [0, 0.05) is 18.5 Å². The highest BCUT2D eigenvalue weighted by Crippen LogP contribution is 2.43. The Kier molecular flexibility index (Phi) is 10.8. The molecule has 0 aliphatic heterocycles. The zero-order valence-electron chi connectivity index (χ0n) is 31.8. The molecular weight excluding hydrogens is 685 g/mol. The molecule has 0 atom stereocenters. The Morgan fingerprint density at radius 1 is 0.727 bits per heavy atom. The van der Waals surface area contributed by atoms with E-state index in [0.29, 0.717) is 18.1 Å². The Hall–Kier alpha value is -6.19. The minimum absolute atomic E-state index is 0.0569. The van der Waals surface area contributed by atoms with E-state index in [0.717, 1.165) is 64.0 Å². The smallest absolute Gasteiger partial charge is 0.359 e. The summed E-state index contributed by atoms with van der Waals surface area (Å²) in [5, 5.41) is 24.8. The summed E-state index contributed by atoms with van der Waals surface area (Å²) in [6, 6.07) is 47.1. The second-order valence-electron chi connectivity index (χ2n) is 14.2. The van der Waals surface area contributed by atoms with Gasteiger partial charge in [-0.15, -0.1) is 5.10 Å². The lowest BCUT2D eigenvalue weighted by Crippen LogP contribution is -2.39. The lowest BCUT2D eigenvalue weighted by Gasteiger charge is -2.36. The summed E-state index contributed by atoms with van der Waals surface area (Å²) < 4.78 is 9.70. The first-order valence-electron chi connectivity index (χ1n) is 18.9. The summed E-state index contributed by atoms with van der Waals surface area (Å²) in [6.07, 6.45) is 2.67. The second-order valence-corrected chi connectivity index (χ2v) is 14.2. The summed E-state index contributed by atoms with van der Waals surface area (Å²) in [5.41, 5.74) is 5.14. The fourth-order valence-electron chi connectivity index (χ4n) is 7.54. The maximum absolute atomic E-state index is 13.5. The van der Waals surface area contributed by atoms with Crippen LogP contribution in [0.3, 0.4) is 0 Å². The van der Waals surface area contributed by atoms with E-state index < -0.39 is 17.1 Å². The van der Waals surface area contributed by atoms with Crippen molar-refractivity contribution in [2.45, 2.75) is 71.2 Å². The van der Waals surface area contributed by atoms with Gasteiger partial charge >= 0.3 is 5.97 Å². The number of carbonyl (C=O) groups excluding carboxylic acids is 1. The molecule has 55 heavy (non-hydrogen) atoms. The second kappa shape index (κ2) is 16.0. The van der Waals surface area contributed by atoms with Crippen LogP contribution in [0.25, 0.3) is 22.5 Å². The van der Waals surface area contributed by atoms with Crippen molar-refractivity contribution in [3.63, 3.8) is 0 Å². The van der Waals surface area contributed by atoms with E-state index in [1.807, 2.05) is 113 Å². The van der Waals surface area contributed by atoms with Crippen LogP contribution in [0.2, 0.25) is 0 Å². The number of carbonyl (C=O) groups is 1. The number of hydrogen-bond donors (Lipinski definition) is 1. The Balaban J connectivity index is 1.23. The quantitative estimate of drug-likeness (QED) is 0.0879. The highest BCUT2D eigenvalue weighted by Gasteiger charge is 2.42. The maximum Gasteiger partial charge on any atom is 0.359 e. The SMILES string of the molecule is CCCCc1nc(C(=O)OCc2ccc(-c3ccccc3-c3nnnn3C(c3ccccc3)(c3ccccc3)c3ccccc3)cc2)c(C(C)(C)O)n1CC. The number of rotatable bonds is 14. The molecule has 5 aromatic carbocycles. The molecule has 0 spiro atoms. The number of esters is 1. The van der Waals surface area contributed by atoms with Crippen LogP contribution in [0.15, 0.2) is 140 Å². The predicted molar refractivity (Wildman–Crippen MR) is 214 cm³/mol. The molecule has 0 bridgehead atoms. The molecule has 9 nitrogen and oxygen atoms in total. The van der Waals surface area contributed by atoms with E-state index in [1.165, 1.54) is 0 Å². The number of hydrogen-bond acceptors (Lipinski definition) is 7. The van der Waals surface area contributed by atoms with Crippen LogP contribution in [0, 0.1) is 0 Å². The molecule has 0 aliphatic rings. The number of aryl methyl sites for hydroxylation is 1. The van der Waals surface area contributed by atoms with Crippen molar-refractivity contribution in [1.82, 2.24) is 29.8 Å². The Morgan fingerprint density at radius 3 is 1.80 bits per heavy atom. The van der Waals surface area contributed by atoms with E-state index in [2.05, 4.69) is 64.7 Å². The average molecular weight is 731 g/mol. The van der Waals surface area contributed by atoms with Gasteiger partial charge in [-0.1, -0.05) is 153 Å². The van der Waals surface area contributed by atoms with Gasteiger partial charge in [0.15, 0.2) is 11.5 Å². The summed E-state index contributed by atoms with van der Waals surface area (Å²) in [5.74, 6) is 0.843. The normalized spacial score (nSPS) is 11.8. The third-order valence-corrected chi connectivity index (χ3v) is 10.1. The number of nitrogens with zero attached hydrogens (tertiary/aromatic N) is 6. The zero-order valence-corrected chi connectivity index (χ0v) is 31.8. The van der Waals surface area contributed by atoms with Crippen LogP contribution in [0.5, 0.6) is 0 Å². The van der Waals surface area contributed by atoms with Crippen molar-refractivity contribution in [3.05, 3.63) is 179 Å². The highest BCUT2D eigenvalue weighted by molar-refractivity contribution is 5.89. The molecule has 0 aliphatic carbocycles. The Morgan fingerprint density at radius 2 is 1.27 bits per heavy atom. The fourth-order valence-corrected chi connectivity index (χ4v) is 7.54.